The zero-order valence-electron chi connectivity index (χ0n) is 11.3. The summed E-state index contributed by atoms with van der Waals surface area (Å²) < 4.78 is 0. The Morgan fingerprint density at radius 1 is 1.50 bits per heavy atom. The first-order chi connectivity index (χ1) is 9.53. The van der Waals surface area contributed by atoms with Crippen LogP contribution in [0, 0.1) is 15.5 Å². The molecule has 2 rings (SSSR count). The van der Waals surface area contributed by atoms with E-state index in [4.69, 9.17) is 5.84 Å². The first-order valence-corrected chi connectivity index (χ1v) is 6.55. The van der Waals surface area contributed by atoms with Gasteiger partial charge in [0.15, 0.2) is 0 Å². The Kier molecular flexibility index (Phi) is 3.89. The number of hydrogen-bond donors (Lipinski definition) is 3. The second-order valence-corrected chi connectivity index (χ2v) is 5.14. The highest BCUT2D eigenvalue weighted by Crippen LogP contribution is 2.47. The van der Waals surface area contributed by atoms with Gasteiger partial charge in [-0.2, -0.15) is 0 Å². The summed E-state index contributed by atoms with van der Waals surface area (Å²) in [5, 5.41) is 13.9. The highest BCUT2D eigenvalue weighted by Gasteiger charge is 2.41. The number of para-hydroxylation sites is 1. The van der Waals surface area contributed by atoms with Crippen molar-refractivity contribution < 1.29 is 9.72 Å². The number of hydrogen-bond acceptors (Lipinski definition) is 5. The van der Waals surface area contributed by atoms with Crippen molar-refractivity contribution in [1.29, 1.82) is 0 Å². The van der Waals surface area contributed by atoms with Crippen LogP contribution >= 0.6 is 0 Å². The molecule has 1 amide bonds. The third-order valence-electron chi connectivity index (χ3n) is 3.95. The molecular formula is C13H18N4O3. The van der Waals surface area contributed by atoms with Crippen LogP contribution in [0.4, 0.5) is 11.4 Å². The van der Waals surface area contributed by atoms with Gasteiger partial charge in [0, 0.05) is 6.54 Å². The van der Waals surface area contributed by atoms with E-state index in [1.54, 1.807) is 6.07 Å². The molecule has 0 atom stereocenters. The van der Waals surface area contributed by atoms with E-state index in [0.29, 0.717) is 6.54 Å². The molecule has 0 radical (unpaired) electrons. The summed E-state index contributed by atoms with van der Waals surface area (Å²) in [6, 6.07) is 4.45. The molecule has 1 saturated carbocycles. The fourth-order valence-corrected chi connectivity index (χ4v) is 2.24. The predicted molar refractivity (Wildman–Crippen MR) is 75.2 cm³/mol. The molecule has 0 aromatic heterocycles. The molecule has 20 heavy (non-hydrogen) atoms. The Balaban J connectivity index is 2.19. The van der Waals surface area contributed by atoms with Crippen LogP contribution in [0.1, 0.15) is 36.5 Å². The number of nitro groups is 1. The van der Waals surface area contributed by atoms with Crippen molar-refractivity contribution in [2.45, 2.75) is 26.2 Å². The lowest BCUT2D eigenvalue weighted by atomic mass is 10.0. The lowest BCUT2D eigenvalue weighted by Gasteiger charge is -2.14. The molecule has 0 unspecified atom stereocenters. The van der Waals surface area contributed by atoms with Gasteiger partial charge in [-0.05, 0) is 36.8 Å². The number of carbonyl (C=O) groups excluding carboxylic acids is 1. The lowest BCUT2D eigenvalue weighted by Crippen LogP contribution is -2.30. The molecule has 1 fully saturated rings. The summed E-state index contributed by atoms with van der Waals surface area (Å²) in [5.41, 5.74) is 2.29. The fourth-order valence-electron chi connectivity index (χ4n) is 2.24. The molecule has 0 spiro atoms. The van der Waals surface area contributed by atoms with Crippen molar-refractivity contribution in [3.8, 4) is 0 Å². The van der Waals surface area contributed by atoms with Crippen LogP contribution in [-0.4, -0.2) is 17.4 Å². The van der Waals surface area contributed by atoms with E-state index in [0.717, 1.165) is 19.3 Å². The summed E-state index contributed by atoms with van der Waals surface area (Å²) in [5.74, 6) is 4.81. The maximum Gasteiger partial charge on any atom is 0.306 e. The highest BCUT2D eigenvalue weighted by atomic mass is 16.6. The van der Waals surface area contributed by atoms with Crippen LogP contribution in [0.25, 0.3) is 0 Å². The largest absolute Gasteiger partial charge is 0.351 e. The number of nitrogens with two attached hydrogens (primary N) is 1. The molecular weight excluding hydrogens is 260 g/mol. The number of carbonyl (C=O) groups is 1. The van der Waals surface area contributed by atoms with Crippen LogP contribution in [-0.2, 0) is 0 Å². The molecule has 0 saturated heterocycles. The smallest absolute Gasteiger partial charge is 0.306 e. The number of rotatable bonds is 6. The van der Waals surface area contributed by atoms with Gasteiger partial charge in [-0.15, -0.1) is 0 Å². The van der Waals surface area contributed by atoms with E-state index < -0.39 is 10.8 Å². The molecule has 108 valence electrons. The van der Waals surface area contributed by atoms with Crippen molar-refractivity contribution >= 4 is 17.3 Å². The average Bonchev–Trinajstić information content (AvgIpc) is 3.24. The number of nitrogen functional groups attached to an aromatic ring is 1. The Morgan fingerprint density at radius 3 is 2.70 bits per heavy atom. The van der Waals surface area contributed by atoms with E-state index in [1.165, 1.54) is 12.1 Å². The third-order valence-corrected chi connectivity index (χ3v) is 3.95. The van der Waals surface area contributed by atoms with Crippen LogP contribution < -0.4 is 16.6 Å². The molecule has 0 heterocycles. The molecule has 1 aromatic carbocycles. The van der Waals surface area contributed by atoms with Gasteiger partial charge < -0.3 is 10.7 Å². The number of nitrogens with zero attached hydrogens (tertiary/aromatic N) is 1. The Bertz CT molecular complexity index is 540. The summed E-state index contributed by atoms with van der Waals surface area (Å²) in [6.07, 6.45) is 3.19. The molecule has 7 nitrogen and oxygen atoms in total. The summed E-state index contributed by atoms with van der Waals surface area (Å²) >= 11 is 0. The zero-order chi connectivity index (χ0) is 14.8. The van der Waals surface area contributed by atoms with Gasteiger partial charge in [0.05, 0.1) is 4.92 Å². The van der Waals surface area contributed by atoms with Crippen molar-refractivity contribution in [2.24, 2.45) is 11.3 Å². The van der Waals surface area contributed by atoms with Crippen LogP contribution in [0.3, 0.4) is 0 Å². The van der Waals surface area contributed by atoms with E-state index in [-0.39, 0.29) is 22.4 Å². The van der Waals surface area contributed by atoms with E-state index in [1.807, 2.05) is 0 Å². The summed E-state index contributed by atoms with van der Waals surface area (Å²) in [7, 11) is 0. The first kappa shape index (κ1) is 14.3. The minimum atomic E-state index is -0.600. The topological polar surface area (TPSA) is 110 Å². The molecule has 0 aliphatic heterocycles. The number of amides is 1. The molecule has 4 N–H and O–H groups in total. The van der Waals surface area contributed by atoms with Gasteiger partial charge in [-0.3, -0.25) is 20.8 Å². The number of anilines is 1. The minimum Gasteiger partial charge on any atom is -0.351 e. The van der Waals surface area contributed by atoms with Crippen molar-refractivity contribution in [3.05, 3.63) is 33.9 Å². The van der Waals surface area contributed by atoms with Gasteiger partial charge in [0.1, 0.15) is 11.3 Å². The van der Waals surface area contributed by atoms with Crippen LogP contribution in [0.5, 0.6) is 0 Å². The third kappa shape index (κ3) is 2.72. The summed E-state index contributed by atoms with van der Waals surface area (Å²) in [4.78, 5) is 22.6. The fraction of sp³-hybridized carbons (Fsp3) is 0.462. The normalized spacial score (nSPS) is 15.5. The minimum absolute atomic E-state index is 0.0253. The van der Waals surface area contributed by atoms with E-state index in [9.17, 15) is 14.9 Å². The predicted octanol–water partition coefficient (Wildman–Crippen LogP) is 1.80. The number of benzene rings is 1. The Morgan fingerprint density at radius 2 is 2.20 bits per heavy atom. The SMILES string of the molecule is CCC1(CNC(=O)c2cccc(NN)c2[N+](=O)[O-])CC1. The van der Waals surface area contributed by atoms with Gasteiger partial charge >= 0.3 is 5.69 Å². The molecule has 0 bridgehead atoms. The monoisotopic (exact) mass is 278 g/mol. The van der Waals surface area contributed by atoms with Crippen molar-refractivity contribution in [1.82, 2.24) is 5.32 Å². The number of nitro benzene ring substituents is 1. The zero-order valence-corrected chi connectivity index (χ0v) is 11.3. The summed E-state index contributed by atoms with van der Waals surface area (Å²) in [6.45, 7) is 2.64. The van der Waals surface area contributed by atoms with Crippen LogP contribution in [0.15, 0.2) is 18.2 Å². The van der Waals surface area contributed by atoms with Gasteiger partial charge in [0.2, 0.25) is 0 Å². The second kappa shape index (κ2) is 5.46. The van der Waals surface area contributed by atoms with Gasteiger partial charge in [0.25, 0.3) is 5.91 Å². The lowest BCUT2D eigenvalue weighted by molar-refractivity contribution is -0.384. The molecule has 1 aliphatic rings. The molecule has 1 aromatic rings. The highest BCUT2D eigenvalue weighted by molar-refractivity contribution is 6.00. The number of hydrazine groups is 1. The van der Waals surface area contributed by atoms with E-state index in [2.05, 4.69) is 17.7 Å². The molecule has 7 heteroatoms. The first-order valence-electron chi connectivity index (χ1n) is 6.55. The Labute approximate surface area is 116 Å². The quantitative estimate of drug-likeness (QED) is 0.417. The maximum atomic E-state index is 12.1. The van der Waals surface area contributed by atoms with Crippen LogP contribution in [0.2, 0.25) is 0 Å². The standard InChI is InChI=1S/C13H18N4O3/c1-2-13(6-7-13)8-15-12(18)9-4-3-5-10(16-14)11(9)17(19)20/h3-5,16H,2,6-8,14H2,1H3,(H,15,18). The van der Waals surface area contributed by atoms with Crippen molar-refractivity contribution in [2.75, 3.05) is 12.0 Å². The number of nitrogens with one attached hydrogen (secondary N) is 2. The maximum absolute atomic E-state index is 12.1. The van der Waals surface area contributed by atoms with Gasteiger partial charge in [-0.1, -0.05) is 13.0 Å². The Hall–Kier alpha value is -2.15. The second-order valence-electron chi connectivity index (χ2n) is 5.14. The molecule has 1 aliphatic carbocycles. The van der Waals surface area contributed by atoms with E-state index >= 15 is 0 Å². The van der Waals surface area contributed by atoms with Gasteiger partial charge in [-0.25, -0.2) is 0 Å². The van der Waals surface area contributed by atoms with Crippen molar-refractivity contribution in [3.63, 3.8) is 0 Å². The average molecular weight is 278 g/mol.